The second kappa shape index (κ2) is 6.97. The van der Waals surface area contributed by atoms with Crippen LogP contribution in [0.4, 0.5) is 0 Å². The highest BCUT2D eigenvalue weighted by Crippen LogP contribution is 2.26. The Morgan fingerprint density at radius 1 is 1.35 bits per heavy atom. The van der Waals surface area contributed by atoms with Gasteiger partial charge in [0.05, 0.1) is 5.41 Å². The van der Waals surface area contributed by atoms with Crippen LogP contribution in [0.15, 0.2) is 0 Å². The Morgan fingerprint density at radius 2 is 1.94 bits per heavy atom. The standard InChI is InChI=1S/C13H25NO3/c1-3-13(4-2,12(15)16)10-14-9-11-5-7-17-8-6-11/h11,14H,3-10H2,1-2H3,(H,15,16). The SMILES string of the molecule is CCC(CC)(CNCC1CCOCC1)C(=O)O. The van der Waals surface area contributed by atoms with E-state index in [1.54, 1.807) is 0 Å². The predicted molar refractivity (Wildman–Crippen MR) is 67.1 cm³/mol. The zero-order chi connectivity index (χ0) is 12.7. The Kier molecular flexibility index (Phi) is 5.92. The molecular weight excluding hydrogens is 218 g/mol. The summed E-state index contributed by atoms with van der Waals surface area (Å²) in [5.41, 5.74) is -0.592. The number of hydrogen-bond acceptors (Lipinski definition) is 3. The average molecular weight is 243 g/mol. The zero-order valence-electron chi connectivity index (χ0n) is 11.0. The molecule has 0 radical (unpaired) electrons. The van der Waals surface area contributed by atoms with Gasteiger partial charge in [0.2, 0.25) is 0 Å². The number of hydrogen-bond donors (Lipinski definition) is 2. The van der Waals surface area contributed by atoms with Crippen molar-refractivity contribution in [3.05, 3.63) is 0 Å². The van der Waals surface area contributed by atoms with Gasteiger partial charge in [-0.25, -0.2) is 0 Å². The van der Waals surface area contributed by atoms with E-state index in [2.05, 4.69) is 5.32 Å². The zero-order valence-corrected chi connectivity index (χ0v) is 11.0. The summed E-state index contributed by atoms with van der Waals surface area (Å²) >= 11 is 0. The van der Waals surface area contributed by atoms with Gasteiger partial charge in [-0.15, -0.1) is 0 Å². The maximum absolute atomic E-state index is 11.3. The topological polar surface area (TPSA) is 58.6 Å². The van der Waals surface area contributed by atoms with Gasteiger partial charge in [-0.05, 0) is 38.1 Å². The van der Waals surface area contributed by atoms with Crippen molar-refractivity contribution >= 4 is 5.97 Å². The highest BCUT2D eigenvalue weighted by Gasteiger charge is 2.34. The summed E-state index contributed by atoms with van der Waals surface area (Å²) in [6, 6.07) is 0. The molecular formula is C13H25NO3. The van der Waals surface area contributed by atoms with Gasteiger partial charge in [0.15, 0.2) is 0 Å². The molecule has 1 rings (SSSR count). The smallest absolute Gasteiger partial charge is 0.310 e. The predicted octanol–water partition coefficient (Wildman–Crippen LogP) is 1.89. The van der Waals surface area contributed by atoms with E-state index in [1.165, 1.54) is 0 Å². The van der Waals surface area contributed by atoms with Gasteiger partial charge in [-0.2, -0.15) is 0 Å². The molecule has 4 heteroatoms. The fraction of sp³-hybridized carbons (Fsp3) is 0.923. The molecule has 1 saturated heterocycles. The summed E-state index contributed by atoms with van der Waals surface area (Å²) in [5, 5.41) is 12.6. The highest BCUT2D eigenvalue weighted by molar-refractivity contribution is 5.74. The summed E-state index contributed by atoms with van der Waals surface area (Å²) in [7, 11) is 0. The molecule has 4 nitrogen and oxygen atoms in total. The first-order valence-corrected chi connectivity index (χ1v) is 6.66. The fourth-order valence-electron chi connectivity index (χ4n) is 2.34. The molecule has 2 N–H and O–H groups in total. The van der Waals surface area contributed by atoms with Crippen LogP contribution in [0.25, 0.3) is 0 Å². The van der Waals surface area contributed by atoms with E-state index in [0.29, 0.717) is 25.3 Å². The molecule has 1 heterocycles. The molecule has 0 spiro atoms. The van der Waals surface area contributed by atoms with Crippen LogP contribution in [0, 0.1) is 11.3 Å². The molecule has 0 bridgehead atoms. The van der Waals surface area contributed by atoms with E-state index in [0.717, 1.165) is 32.6 Å². The van der Waals surface area contributed by atoms with Crippen LogP contribution in [0.1, 0.15) is 39.5 Å². The van der Waals surface area contributed by atoms with E-state index in [1.807, 2.05) is 13.8 Å². The lowest BCUT2D eigenvalue weighted by atomic mass is 9.82. The Labute approximate surface area is 104 Å². The van der Waals surface area contributed by atoms with Crippen LogP contribution >= 0.6 is 0 Å². The second-order valence-electron chi connectivity index (χ2n) is 4.98. The van der Waals surface area contributed by atoms with Crippen molar-refractivity contribution in [2.75, 3.05) is 26.3 Å². The first-order chi connectivity index (χ1) is 8.14. The second-order valence-corrected chi connectivity index (χ2v) is 4.98. The van der Waals surface area contributed by atoms with Gasteiger partial charge in [0.25, 0.3) is 0 Å². The monoisotopic (exact) mass is 243 g/mol. The van der Waals surface area contributed by atoms with Crippen LogP contribution in [-0.4, -0.2) is 37.4 Å². The van der Waals surface area contributed by atoms with Gasteiger partial charge in [-0.3, -0.25) is 4.79 Å². The minimum atomic E-state index is -0.679. The third kappa shape index (κ3) is 3.96. The Balaban J connectivity index is 2.33. The third-order valence-corrected chi connectivity index (χ3v) is 4.04. The number of carbonyl (C=O) groups is 1. The number of carboxylic acid groups (broad SMARTS) is 1. The van der Waals surface area contributed by atoms with Crippen molar-refractivity contribution in [2.24, 2.45) is 11.3 Å². The van der Waals surface area contributed by atoms with Crippen LogP contribution in [0.3, 0.4) is 0 Å². The van der Waals surface area contributed by atoms with Gasteiger partial charge in [-0.1, -0.05) is 13.8 Å². The van der Waals surface area contributed by atoms with Crippen molar-refractivity contribution in [3.63, 3.8) is 0 Å². The van der Waals surface area contributed by atoms with Crippen LogP contribution < -0.4 is 5.32 Å². The molecule has 1 fully saturated rings. The third-order valence-electron chi connectivity index (χ3n) is 4.04. The van der Waals surface area contributed by atoms with E-state index >= 15 is 0 Å². The normalized spacial score (nSPS) is 18.2. The van der Waals surface area contributed by atoms with E-state index in [9.17, 15) is 9.90 Å². The molecule has 0 unspecified atom stereocenters. The molecule has 1 aliphatic rings. The molecule has 0 saturated carbocycles. The molecule has 0 aliphatic carbocycles. The van der Waals surface area contributed by atoms with Crippen molar-refractivity contribution in [2.45, 2.75) is 39.5 Å². The molecule has 0 aromatic rings. The number of carboxylic acids is 1. The first-order valence-electron chi connectivity index (χ1n) is 6.66. The summed E-state index contributed by atoms with van der Waals surface area (Å²) in [5.74, 6) is -0.0362. The lowest BCUT2D eigenvalue weighted by Gasteiger charge is -2.29. The lowest BCUT2D eigenvalue weighted by Crippen LogP contribution is -2.42. The Morgan fingerprint density at radius 3 is 2.41 bits per heavy atom. The minimum absolute atomic E-state index is 0.576. The number of aliphatic carboxylic acids is 1. The summed E-state index contributed by atoms with van der Waals surface area (Å²) in [6.45, 7) is 7.09. The lowest BCUT2D eigenvalue weighted by molar-refractivity contribution is -0.149. The van der Waals surface area contributed by atoms with Crippen LogP contribution in [-0.2, 0) is 9.53 Å². The number of ether oxygens (including phenoxy) is 1. The van der Waals surface area contributed by atoms with Gasteiger partial charge >= 0.3 is 5.97 Å². The summed E-state index contributed by atoms with van der Waals surface area (Å²) < 4.78 is 5.31. The maximum Gasteiger partial charge on any atom is 0.310 e. The fourth-order valence-corrected chi connectivity index (χ4v) is 2.34. The average Bonchev–Trinajstić information content (AvgIpc) is 2.36. The quantitative estimate of drug-likeness (QED) is 0.717. The summed E-state index contributed by atoms with van der Waals surface area (Å²) in [4.78, 5) is 11.3. The Hall–Kier alpha value is -0.610. The molecule has 1 aliphatic heterocycles. The summed E-state index contributed by atoms with van der Waals surface area (Å²) in [6.07, 6.45) is 3.54. The Bertz CT molecular complexity index is 233. The van der Waals surface area contributed by atoms with Crippen LogP contribution in [0.5, 0.6) is 0 Å². The van der Waals surface area contributed by atoms with Gasteiger partial charge in [0.1, 0.15) is 0 Å². The van der Waals surface area contributed by atoms with Crippen molar-refractivity contribution in [3.8, 4) is 0 Å². The molecule has 100 valence electrons. The molecule has 17 heavy (non-hydrogen) atoms. The number of rotatable bonds is 7. The number of nitrogens with one attached hydrogen (secondary N) is 1. The highest BCUT2D eigenvalue weighted by atomic mass is 16.5. The molecule has 0 atom stereocenters. The van der Waals surface area contributed by atoms with E-state index < -0.39 is 11.4 Å². The first kappa shape index (κ1) is 14.5. The van der Waals surface area contributed by atoms with Crippen molar-refractivity contribution in [1.82, 2.24) is 5.32 Å². The van der Waals surface area contributed by atoms with E-state index in [-0.39, 0.29) is 0 Å². The van der Waals surface area contributed by atoms with Gasteiger partial charge < -0.3 is 15.2 Å². The minimum Gasteiger partial charge on any atom is -0.481 e. The van der Waals surface area contributed by atoms with Crippen molar-refractivity contribution < 1.29 is 14.6 Å². The molecule has 0 aromatic heterocycles. The van der Waals surface area contributed by atoms with Gasteiger partial charge in [0, 0.05) is 19.8 Å². The van der Waals surface area contributed by atoms with Crippen LogP contribution in [0.2, 0.25) is 0 Å². The maximum atomic E-state index is 11.3. The molecule has 0 aromatic carbocycles. The van der Waals surface area contributed by atoms with E-state index in [4.69, 9.17) is 4.74 Å². The largest absolute Gasteiger partial charge is 0.481 e. The molecule has 0 amide bonds. The van der Waals surface area contributed by atoms with Crippen molar-refractivity contribution in [1.29, 1.82) is 0 Å².